The predicted octanol–water partition coefficient (Wildman–Crippen LogP) is 2.44. The summed E-state index contributed by atoms with van der Waals surface area (Å²) in [5, 5.41) is 6.62. The zero-order valence-corrected chi connectivity index (χ0v) is 18.5. The predicted molar refractivity (Wildman–Crippen MR) is 119 cm³/mol. The topological polar surface area (TPSA) is 60.0 Å². The van der Waals surface area contributed by atoms with Gasteiger partial charge in [0.05, 0.1) is 6.54 Å². The summed E-state index contributed by atoms with van der Waals surface area (Å²) in [5.41, 5.74) is 2.37. The lowest BCUT2D eigenvalue weighted by Crippen LogP contribution is -2.39. The van der Waals surface area contributed by atoms with Crippen molar-refractivity contribution in [3.8, 4) is 0 Å². The Balaban J connectivity index is 0.00000338. The van der Waals surface area contributed by atoms with Gasteiger partial charge < -0.3 is 20.4 Å². The molecule has 1 amide bonds. The molecule has 0 atom stereocenters. The summed E-state index contributed by atoms with van der Waals surface area (Å²) in [7, 11) is 4.08. The Morgan fingerprint density at radius 1 is 1.23 bits per heavy atom. The largest absolute Gasteiger partial charge is 0.378 e. The first-order chi connectivity index (χ1) is 12.1. The van der Waals surface area contributed by atoms with Gasteiger partial charge in [-0.25, -0.2) is 4.99 Å². The van der Waals surface area contributed by atoms with Gasteiger partial charge in [0.1, 0.15) is 0 Å². The number of guanidine groups is 1. The first kappa shape index (κ1) is 22.5. The van der Waals surface area contributed by atoms with E-state index in [0.717, 1.165) is 45.0 Å². The van der Waals surface area contributed by atoms with E-state index in [1.807, 2.05) is 19.0 Å². The number of nitrogens with zero attached hydrogens (tertiary/aromatic N) is 3. The number of rotatable bonds is 8. The zero-order chi connectivity index (χ0) is 18.1. The van der Waals surface area contributed by atoms with Gasteiger partial charge in [0.25, 0.3) is 0 Å². The number of likely N-dealkylation sites (tertiary alicyclic amines) is 1. The van der Waals surface area contributed by atoms with E-state index >= 15 is 0 Å². The minimum absolute atomic E-state index is 0. The van der Waals surface area contributed by atoms with Gasteiger partial charge in [-0.2, -0.15) is 0 Å². The third kappa shape index (κ3) is 7.39. The van der Waals surface area contributed by atoms with Gasteiger partial charge in [-0.1, -0.05) is 12.1 Å². The number of amides is 1. The van der Waals surface area contributed by atoms with Crippen molar-refractivity contribution in [3.63, 3.8) is 0 Å². The summed E-state index contributed by atoms with van der Waals surface area (Å²) in [5.74, 6) is 1.12. The minimum Gasteiger partial charge on any atom is -0.378 e. The fraction of sp³-hybridized carbons (Fsp3) is 0.579. The lowest BCUT2D eigenvalue weighted by molar-refractivity contribution is -0.127. The second kappa shape index (κ2) is 12.0. The second-order valence-corrected chi connectivity index (χ2v) is 6.52. The van der Waals surface area contributed by atoms with Crippen molar-refractivity contribution in [2.24, 2.45) is 4.99 Å². The SMILES string of the molecule is CCNC(=NCc1ccc(N(C)C)cc1)NCCCN1CCCC1=O.I. The molecule has 0 unspecified atom stereocenters. The van der Waals surface area contributed by atoms with E-state index in [1.54, 1.807) is 0 Å². The van der Waals surface area contributed by atoms with Crippen molar-refractivity contribution in [2.75, 3.05) is 45.2 Å². The summed E-state index contributed by atoms with van der Waals surface area (Å²) < 4.78 is 0. The highest BCUT2D eigenvalue weighted by molar-refractivity contribution is 14.0. The van der Waals surface area contributed by atoms with Crippen LogP contribution in [-0.2, 0) is 11.3 Å². The number of carbonyl (C=O) groups is 1. The summed E-state index contributed by atoms with van der Waals surface area (Å²) in [6.07, 6.45) is 2.65. The fourth-order valence-corrected chi connectivity index (χ4v) is 2.83. The molecule has 1 heterocycles. The van der Waals surface area contributed by atoms with Gasteiger partial charge in [-0.05, 0) is 37.5 Å². The molecule has 0 aromatic heterocycles. The standard InChI is InChI=1S/C19H31N5O.HI/c1-4-20-19(21-12-6-14-24-13-5-7-18(24)25)22-15-16-8-10-17(11-9-16)23(2)3;/h8-11H,4-7,12-15H2,1-3H3,(H2,20,21,22);1H. The summed E-state index contributed by atoms with van der Waals surface area (Å²) in [6.45, 7) is 6.10. The highest BCUT2D eigenvalue weighted by Gasteiger charge is 2.18. The number of aliphatic imine (C=N–C) groups is 1. The molecule has 0 spiro atoms. The van der Waals surface area contributed by atoms with Crippen molar-refractivity contribution in [1.82, 2.24) is 15.5 Å². The number of benzene rings is 1. The Hall–Kier alpha value is -1.51. The Bertz CT molecular complexity index is 574. The van der Waals surface area contributed by atoms with E-state index in [-0.39, 0.29) is 24.0 Å². The lowest BCUT2D eigenvalue weighted by Gasteiger charge is -2.16. The van der Waals surface area contributed by atoms with Crippen molar-refractivity contribution in [1.29, 1.82) is 0 Å². The van der Waals surface area contributed by atoms with Gasteiger partial charge in [-0.15, -0.1) is 24.0 Å². The molecule has 1 aromatic rings. The van der Waals surface area contributed by atoms with Gasteiger partial charge in [0, 0.05) is 52.4 Å². The molecule has 26 heavy (non-hydrogen) atoms. The van der Waals surface area contributed by atoms with E-state index in [2.05, 4.69) is 51.7 Å². The molecule has 6 nitrogen and oxygen atoms in total. The molecule has 0 saturated carbocycles. The van der Waals surface area contributed by atoms with Crippen LogP contribution in [0.15, 0.2) is 29.3 Å². The van der Waals surface area contributed by atoms with Gasteiger partial charge >= 0.3 is 0 Å². The molecule has 0 aliphatic carbocycles. The molecule has 1 aromatic carbocycles. The average molecular weight is 473 g/mol. The van der Waals surface area contributed by atoms with Crippen LogP contribution in [0.3, 0.4) is 0 Å². The van der Waals surface area contributed by atoms with Crippen LogP contribution in [0.5, 0.6) is 0 Å². The van der Waals surface area contributed by atoms with Crippen molar-refractivity contribution < 1.29 is 4.79 Å². The third-order valence-electron chi connectivity index (χ3n) is 4.29. The first-order valence-corrected chi connectivity index (χ1v) is 9.16. The Morgan fingerprint density at radius 3 is 2.54 bits per heavy atom. The maximum absolute atomic E-state index is 11.6. The van der Waals surface area contributed by atoms with Crippen LogP contribution in [0.1, 0.15) is 31.7 Å². The Labute approximate surface area is 174 Å². The molecule has 1 aliphatic heterocycles. The molecule has 0 radical (unpaired) electrons. The highest BCUT2D eigenvalue weighted by Crippen LogP contribution is 2.12. The maximum Gasteiger partial charge on any atom is 0.222 e. The maximum atomic E-state index is 11.6. The molecule has 1 fully saturated rings. The molecule has 146 valence electrons. The molecule has 2 N–H and O–H groups in total. The van der Waals surface area contributed by atoms with E-state index in [9.17, 15) is 4.79 Å². The minimum atomic E-state index is 0. The van der Waals surface area contributed by atoms with Crippen LogP contribution >= 0.6 is 24.0 Å². The summed E-state index contributed by atoms with van der Waals surface area (Å²) in [6, 6.07) is 8.44. The smallest absolute Gasteiger partial charge is 0.222 e. The summed E-state index contributed by atoms with van der Waals surface area (Å²) in [4.78, 5) is 20.3. The van der Waals surface area contributed by atoms with Crippen molar-refractivity contribution >= 4 is 41.5 Å². The van der Waals surface area contributed by atoms with Gasteiger partial charge in [0.2, 0.25) is 5.91 Å². The monoisotopic (exact) mass is 473 g/mol. The highest BCUT2D eigenvalue weighted by atomic mass is 127. The Kier molecular flexibility index (Phi) is 10.4. The number of anilines is 1. The molecule has 7 heteroatoms. The number of hydrogen-bond donors (Lipinski definition) is 2. The van der Waals surface area contributed by atoms with Gasteiger partial charge in [0.15, 0.2) is 5.96 Å². The first-order valence-electron chi connectivity index (χ1n) is 9.16. The van der Waals surface area contributed by atoms with Crippen molar-refractivity contribution in [2.45, 2.75) is 32.7 Å². The molecule has 0 bridgehead atoms. The van der Waals surface area contributed by atoms with Crippen LogP contribution < -0.4 is 15.5 Å². The quantitative estimate of drug-likeness (QED) is 0.264. The molecular weight excluding hydrogens is 441 g/mol. The van der Waals surface area contributed by atoms with Gasteiger partial charge in [-0.3, -0.25) is 4.79 Å². The van der Waals surface area contributed by atoms with Crippen LogP contribution in [0.25, 0.3) is 0 Å². The number of halogens is 1. The number of nitrogens with one attached hydrogen (secondary N) is 2. The normalized spacial score (nSPS) is 14.2. The average Bonchev–Trinajstić information content (AvgIpc) is 3.01. The molecule has 2 rings (SSSR count). The Morgan fingerprint density at radius 2 is 1.96 bits per heavy atom. The second-order valence-electron chi connectivity index (χ2n) is 6.52. The third-order valence-corrected chi connectivity index (χ3v) is 4.29. The summed E-state index contributed by atoms with van der Waals surface area (Å²) >= 11 is 0. The lowest BCUT2D eigenvalue weighted by atomic mass is 10.2. The van der Waals surface area contributed by atoms with E-state index in [1.165, 1.54) is 11.3 Å². The van der Waals surface area contributed by atoms with E-state index < -0.39 is 0 Å². The molecule has 1 aliphatic rings. The number of hydrogen-bond acceptors (Lipinski definition) is 3. The van der Waals surface area contributed by atoms with E-state index in [4.69, 9.17) is 0 Å². The van der Waals surface area contributed by atoms with Crippen LogP contribution in [0.4, 0.5) is 5.69 Å². The van der Waals surface area contributed by atoms with E-state index in [0.29, 0.717) is 18.9 Å². The molecular formula is C19H32IN5O. The zero-order valence-electron chi connectivity index (χ0n) is 16.1. The van der Waals surface area contributed by atoms with Crippen LogP contribution in [-0.4, -0.2) is 57.0 Å². The number of carbonyl (C=O) groups excluding carboxylic acids is 1. The fourth-order valence-electron chi connectivity index (χ4n) is 2.83. The molecule has 1 saturated heterocycles. The van der Waals surface area contributed by atoms with Crippen LogP contribution in [0, 0.1) is 0 Å². The van der Waals surface area contributed by atoms with Crippen molar-refractivity contribution in [3.05, 3.63) is 29.8 Å². The van der Waals surface area contributed by atoms with Crippen LogP contribution in [0.2, 0.25) is 0 Å².